The first-order valence-corrected chi connectivity index (χ1v) is 6.49. The van der Waals surface area contributed by atoms with E-state index in [9.17, 15) is 19.5 Å². The van der Waals surface area contributed by atoms with Gasteiger partial charge in [0.1, 0.15) is 5.54 Å². The fraction of sp³-hybridized carbons (Fsp3) is 0.357. The molecule has 0 bridgehead atoms. The van der Waals surface area contributed by atoms with Crippen molar-refractivity contribution < 1.29 is 19.5 Å². The van der Waals surface area contributed by atoms with Gasteiger partial charge in [-0.05, 0) is 31.4 Å². The number of nitrogens with zero attached hydrogens (tertiary/aromatic N) is 1. The van der Waals surface area contributed by atoms with Crippen molar-refractivity contribution in [2.24, 2.45) is 0 Å². The minimum Gasteiger partial charge on any atom is -0.480 e. The molecule has 0 radical (unpaired) electrons. The summed E-state index contributed by atoms with van der Waals surface area (Å²) in [5.74, 6) is -1.68. The average molecular weight is 274 g/mol. The third-order valence-electron chi connectivity index (χ3n) is 4.07. The van der Waals surface area contributed by atoms with Gasteiger partial charge < -0.3 is 5.11 Å². The number of rotatable bonds is 4. The Morgan fingerprint density at radius 2 is 1.75 bits per heavy atom. The third-order valence-corrected chi connectivity index (χ3v) is 4.07. The summed E-state index contributed by atoms with van der Waals surface area (Å²) in [5.41, 5.74) is -0.246. The van der Waals surface area contributed by atoms with Crippen LogP contribution in [0.5, 0.6) is 0 Å². The quantitative estimate of drug-likeness (QED) is 0.794. The van der Waals surface area contributed by atoms with E-state index in [1.54, 1.807) is 24.3 Å². The van der Waals surface area contributed by atoms with Gasteiger partial charge in [-0.1, -0.05) is 12.1 Å². The van der Waals surface area contributed by atoms with Crippen molar-refractivity contribution >= 4 is 17.8 Å². The van der Waals surface area contributed by atoms with Crippen molar-refractivity contribution in [1.82, 2.24) is 10.2 Å². The Balaban J connectivity index is 1.76. The highest BCUT2D eigenvalue weighted by molar-refractivity contribution is 6.21. The van der Waals surface area contributed by atoms with Crippen molar-refractivity contribution in [3.8, 4) is 0 Å². The molecule has 0 saturated heterocycles. The van der Waals surface area contributed by atoms with Crippen LogP contribution < -0.4 is 5.32 Å². The monoisotopic (exact) mass is 274 g/mol. The summed E-state index contributed by atoms with van der Waals surface area (Å²) in [6, 6.07) is 6.61. The van der Waals surface area contributed by atoms with E-state index < -0.39 is 11.5 Å². The standard InChI is InChI=1S/C14H14N2O4/c17-11-9-4-1-2-5-10(9)12(18)16(11)8-15-14(13(19)20)6-3-7-14/h1-2,4-5,15H,3,6-8H2,(H,19,20). The van der Waals surface area contributed by atoms with Gasteiger partial charge in [0, 0.05) is 0 Å². The molecule has 2 aliphatic rings. The average Bonchev–Trinajstić information content (AvgIpc) is 2.62. The first kappa shape index (κ1) is 12.8. The van der Waals surface area contributed by atoms with Crippen molar-refractivity contribution in [1.29, 1.82) is 0 Å². The number of carboxylic acid groups (broad SMARTS) is 1. The van der Waals surface area contributed by atoms with E-state index in [2.05, 4.69) is 5.32 Å². The first-order chi connectivity index (χ1) is 9.55. The summed E-state index contributed by atoms with van der Waals surface area (Å²) in [6.07, 6.45) is 1.87. The molecule has 20 heavy (non-hydrogen) atoms. The molecule has 0 aromatic heterocycles. The van der Waals surface area contributed by atoms with E-state index in [1.807, 2.05) is 0 Å². The van der Waals surface area contributed by atoms with Gasteiger partial charge in [0.15, 0.2) is 0 Å². The lowest BCUT2D eigenvalue weighted by Gasteiger charge is -2.39. The van der Waals surface area contributed by atoms with Crippen molar-refractivity contribution in [2.75, 3.05) is 6.67 Å². The normalized spacial score (nSPS) is 19.7. The minimum atomic E-state index is -0.991. The number of carbonyl (C=O) groups excluding carboxylic acids is 2. The molecule has 1 aliphatic heterocycles. The summed E-state index contributed by atoms with van der Waals surface area (Å²) in [7, 11) is 0. The van der Waals surface area contributed by atoms with Gasteiger partial charge in [-0.2, -0.15) is 0 Å². The van der Waals surface area contributed by atoms with Crippen molar-refractivity contribution in [3.63, 3.8) is 0 Å². The Morgan fingerprint density at radius 3 is 2.15 bits per heavy atom. The predicted octanol–water partition coefficient (Wildman–Crippen LogP) is 0.837. The van der Waals surface area contributed by atoms with E-state index >= 15 is 0 Å². The number of nitrogens with one attached hydrogen (secondary N) is 1. The lowest BCUT2D eigenvalue weighted by Crippen LogP contribution is -2.60. The number of benzene rings is 1. The van der Waals surface area contributed by atoms with E-state index in [0.29, 0.717) is 24.0 Å². The van der Waals surface area contributed by atoms with Crippen LogP contribution in [-0.2, 0) is 4.79 Å². The first-order valence-electron chi connectivity index (χ1n) is 6.49. The molecule has 1 aliphatic carbocycles. The van der Waals surface area contributed by atoms with Crippen molar-refractivity contribution in [3.05, 3.63) is 35.4 Å². The molecule has 1 heterocycles. The zero-order valence-electron chi connectivity index (χ0n) is 10.8. The molecule has 3 rings (SSSR count). The molecule has 6 heteroatoms. The predicted molar refractivity (Wildman–Crippen MR) is 69.2 cm³/mol. The number of carboxylic acids is 1. The van der Waals surface area contributed by atoms with E-state index in [-0.39, 0.29) is 18.5 Å². The van der Waals surface area contributed by atoms with Crippen molar-refractivity contribution in [2.45, 2.75) is 24.8 Å². The van der Waals surface area contributed by atoms with Crippen LogP contribution in [0.3, 0.4) is 0 Å². The lowest BCUT2D eigenvalue weighted by atomic mass is 9.77. The molecule has 0 unspecified atom stereocenters. The summed E-state index contributed by atoms with van der Waals surface area (Å²) in [4.78, 5) is 36.5. The maximum Gasteiger partial charge on any atom is 0.323 e. The van der Waals surface area contributed by atoms with Crippen LogP contribution in [0.25, 0.3) is 0 Å². The van der Waals surface area contributed by atoms with Gasteiger partial charge in [0.25, 0.3) is 11.8 Å². The highest BCUT2D eigenvalue weighted by atomic mass is 16.4. The van der Waals surface area contributed by atoms with Crippen LogP contribution in [0.2, 0.25) is 0 Å². The Hall–Kier alpha value is -2.21. The Kier molecular flexibility index (Phi) is 2.83. The number of carbonyl (C=O) groups is 3. The van der Waals surface area contributed by atoms with Gasteiger partial charge in [-0.3, -0.25) is 24.6 Å². The second kappa shape index (κ2) is 4.42. The molecule has 2 N–H and O–H groups in total. The molecule has 0 atom stereocenters. The lowest BCUT2D eigenvalue weighted by molar-refractivity contribution is -0.149. The van der Waals surface area contributed by atoms with E-state index in [1.165, 1.54) is 0 Å². The number of hydrogen-bond acceptors (Lipinski definition) is 4. The van der Waals surface area contributed by atoms with E-state index in [0.717, 1.165) is 11.3 Å². The number of aliphatic carboxylic acids is 1. The topological polar surface area (TPSA) is 86.7 Å². The largest absolute Gasteiger partial charge is 0.480 e. The molecular formula is C14H14N2O4. The zero-order valence-corrected chi connectivity index (χ0v) is 10.8. The fourth-order valence-electron chi connectivity index (χ4n) is 2.61. The maximum atomic E-state index is 12.1. The molecule has 2 amide bonds. The molecule has 1 aromatic carbocycles. The number of fused-ring (bicyclic) bond motifs is 1. The third kappa shape index (κ3) is 1.72. The van der Waals surface area contributed by atoms with Gasteiger partial charge in [0.2, 0.25) is 0 Å². The van der Waals surface area contributed by atoms with Gasteiger partial charge in [0.05, 0.1) is 17.8 Å². The van der Waals surface area contributed by atoms with Crippen LogP contribution in [0.15, 0.2) is 24.3 Å². The second-order valence-corrected chi connectivity index (χ2v) is 5.16. The highest BCUT2D eigenvalue weighted by Gasteiger charge is 2.45. The summed E-state index contributed by atoms with van der Waals surface area (Å²) < 4.78 is 0. The molecule has 1 fully saturated rings. The zero-order chi connectivity index (χ0) is 14.3. The molecule has 1 saturated carbocycles. The molecule has 6 nitrogen and oxygen atoms in total. The number of amides is 2. The Labute approximate surface area is 115 Å². The maximum absolute atomic E-state index is 12.1. The molecular weight excluding hydrogens is 260 g/mol. The Bertz CT molecular complexity index is 572. The SMILES string of the molecule is O=C1c2ccccc2C(=O)N1CNC1(C(=O)O)CCC1. The smallest absolute Gasteiger partial charge is 0.323 e. The number of imide groups is 1. The summed E-state index contributed by atoms with van der Waals surface area (Å²) in [5, 5.41) is 12.1. The number of hydrogen-bond donors (Lipinski definition) is 2. The molecule has 0 spiro atoms. The van der Waals surface area contributed by atoms with Crippen LogP contribution in [0.1, 0.15) is 40.0 Å². The van der Waals surface area contributed by atoms with Crippen LogP contribution >= 0.6 is 0 Å². The Morgan fingerprint density at radius 1 is 1.20 bits per heavy atom. The fourth-order valence-corrected chi connectivity index (χ4v) is 2.61. The van der Waals surface area contributed by atoms with Crippen LogP contribution in [0, 0.1) is 0 Å². The van der Waals surface area contributed by atoms with Gasteiger partial charge in [-0.25, -0.2) is 0 Å². The highest BCUT2D eigenvalue weighted by Crippen LogP contribution is 2.32. The van der Waals surface area contributed by atoms with E-state index in [4.69, 9.17) is 0 Å². The second-order valence-electron chi connectivity index (χ2n) is 5.16. The minimum absolute atomic E-state index is 0.0708. The summed E-state index contributed by atoms with van der Waals surface area (Å²) in [6.45, 7) is -0.0708. The molecule has 104 valence electrons. The van der Waals surface area contributed by atoms with Gasteiger partial charge in [-0.15, -0.1) is 0 Å². The van der Waals surface area contributed by atoms with Gasteiger partial charge >= 0.3 is 5.97 Å². The van der Waals surface area contributed by atoms with Crippen LogP contribution in [-0.4, -0.2) is 40.0 Å². The summed E-state index contributed by atoms with van der Waals surface area (Å²) >= 11 is 0. The molecule has 1 aromatic rings. The van der Waals surface area contributed by atoms with Crippen LogP contribution in [0.4, 0.5) is 0 Å².